The van der Waals surface area contributed by atoms with Gasteiger partial charge in [-0.1, -0.05) is 29.8 Å². The summed E-state index contributed by atoms with van der Waals surface area (Å²) >= 11 is 0. The first kappa shape index (κ1) is 22.1. The molecule has 2 aromatic heterocycles. The summed E-state index contributed by atoms with van der Waals surface area (Å²) in [7, 11) is 0. The molecule has 10 heteroatoms. The van der Waals surface area contributed by atoms with Crippen molar-refractivity contribution in [1.82, 2.24) is 18.9 Å². The van der Waals surface area contributed by atoms with Gasteiger partial charge in [-0.3, -0.25) is 23.4 Å². The van der Waals surface area contributed by atoms with E-state index in [4.69, 9.17) is 0 Å². The Labute approximate surface area is 186 Å². The Hall–Kier alpha value is -4.08. The zero-order valence-electron chi connectivity index (χ0n) is 18.0. The average molecular weight is 453 g/mol. The number of fused-ring (bicyclic) bond motifs is 1. The molecule has 1 N–H and O–H groups in total. The first-order valence-corrected chi connectivity index (χ1v) is 10.3. The second-order valence-electron chi connectivity index (χ2n) is 7.64. The number of aromatic nitrogens is 4. The van der Waals surface area contributed by atoms with Crippen LogP contribution in [0.4, 0.5) is 14.5 Å². The minimum absolute atomic E-state index is 0.00693. The van der Waals surface area contributed by atoms with Crippen LogP contribution in [0.3, 0.4) is 0 Å². The molecule has 0 aliphatic heterocycles. The van der Waals surface area contributed by atoms with Gasteiger partial charge in [0, 0.05) is 18.8 Å². The molecule has 2 heterocycles. The minimum atomic E-state index is -0.814. The van der Waals surface area contributed by atoms with Gasteiger partial charge in [0.15, 0.2) is 5.52 Å². The van der Waals surface area contributed by atoms with Gasteiger partial charge in [-0.25, -0.2) is 13.6 Å². The molecule has 0 bridgehead atoms. The van der Waals surface area contributed by atoms with E-state index in [9.17, 15) is 23.2 Å². The highest BCUT2D eigenvalue weighted by Crippen LogP contribution is 2.15. The fourth-order valence-electron chi connectivity index (χ4n) is 3.48. The van der Waals surface area contributed by atoms with Crippen LogP contribution in [-0.4, -0.2) is 24.8 Å². The molecular weight excluding hydrogens is 432 g/mol. The normalized spacial score (nSPS) is 11.2. The Balaban J connectivity index is 1.77. The SMILES string of the molecule is CCn1cc2c(n1)c(=O)n(Cc1ccc(C)cc1)c(=O)n2CC(=O)Nc1cc(F)ccc1F. The molecule has 0 saturated heterocycles. The lowest BCUT2D eigenvalue weighted by Crippen LogP contribution is -2.41. The second-order valence-corrected chi connectivity index (χ2v) is 7.64. The van der Waals surface area contributed by atoms with Gasteiger partial charge in [0.25, 0.3) is 5.56 Å². The molecule has 0 atom stereocenters. The maximum absolute atomic E-state index is 13.9. The third kappa shape index (κ3) is 4.45. The molecule has 0 fully saturated rings. The fraction of sp³-hybridized carbons (Fsp3) is 0.217. The van der Waals surface area contributed by atoms with Crippen molar-refractivity contribution in [2.75, 3.05) is 5.32 Å². The molecule has 0 aliphatic carbocycles. The Morgan fingerprint density at radius 2 is 1.79 bits per heavy atom. The Morgan fingerprint density at radius 1 is 1.06 bits per heavy atom. The molecule has 0 unspecified atom stereocenters. The minimum Gasteiger partial charge on any atom is -0.322 e. The number of rotatable bonds is 6. The monoisotopic (exact) mass is 453 g/mol. The van der Waals surface area contributed by atoms with Crippen LogP contribution in [0.5, 0.6) is 0 Å². The topological polar surface area (TPSA) is 90.9 Å². The van der Waals surface area contributed by atoms with Crippen molar-refractivity contribution >= 4 is 22.6 Å². The maximum atomic E-state index is 13.9. The molecule has 33 heavy (non-hydrogen) atoms. The smallest absolute Gasteiger partial charge is 0.322 e. The van der Waals surface area contributed by atoms with E-state index in [2.05, 4.69) is 10.4 Å². The Bertz CT molecular complexity index is 1470. The molecule has 4 aromatic rings. The molecule has 0 spiro atoms. The zero-order chi connectivity index (χ0) is 23.7. The second kappa shape index (κ2) is 8.81. The van der Waals surface area contributed by atoms with Gasteiger partial charge in [0.2, 0.25) is 5.91 Å². The number of carbonyl (C=O) groups excluding carboxylic acids is 1. The van der Waals surface area contributed by atoms with Crippen molar-refractivity contribution in [3.05, 3.63) is 92.3 Å². The van der Waals surface area contributed by atoms with Crippen LogP contribution in [0.25, 0.3) is 11.0 Å². The Morgan fingerprint density at radius 3 is 2.48 bits per heavy atom. The highest BCUT2D eigenvalue weighted by molar-refractivity contribution is 5.91. The third-order valence-corrected chi connectivity index (χ3v) is 5.23. The van der Waals surface area contributed by atoms with E-state index in [-0.39, 0.29) is 23.3 Å². The van der Waals surface area contributed by atoms with Gasteiger partial charge >= 0.3 is 5.69 Å². The lowest BCUT2D eigenvalue weighted by atomic mass is 10.1. The van der Waals surface area contributed by atoms with Crippen molar-refractivity contribution in [2.24, 2.45) is 0 Å². The number of hydrogen-bond donors (Lipinski definition) is 1. The van der Waals surface area contributed by atoms with Crippen LogP contribution in [0, 0.1) is 18.6 Å². The molecule has 0 saturated carbocycles. The number of aryl methyl sites for hydroxylation is 2. The van der Waals surface area contributed by atoms with Gasteiger partial charge in [-0.05, 0) is 31.5 Å². The van der Waals surface area contributed by atoms with Crippen LogP contribution in [0.15, 0.2) is 58.3 Å². The van der Waals surface area contributed by atoms with Crippen LogP contribution in [-0.2, 0) is 24.4 Å². The molecule has 1 amide bonds. The largest absolute Gasteiger partial charge is 0.332 e. The van der Waals surface area contributed by atoms with Crippen LogP contribution >= 0.6 is 0 Å². The number of benzene rings is 2. The summed E-state index contributed by atoms with van der Waals surface area (Å²) in [6.07, 6.45) is 1.50. The zero-order valence-corrected chi connectivity index (χ0v) is 18.0. The van der Waals surface area contributed by atoms with Gasteiger partial charge in [0.1, 0.15) is 18.2 Å². The summed E-state index contributed by atoms with van der Waals surface area (Å²) in [5.41, 5.74) is 0.347. The summed E-state index contributed by atoms with van der Waals surface area (Å²) in [6, 6.07) is 10.0. The van der Waals surface area contributed by atoms with E-state index in [0.717, 1.165) is 38.5 Å². The number of carbonyl (C=O) groups is 1. The quantitative estimate of drug-likeness (QED) is 0.486. The van der Waals surface area contributed by atoms with Crippen molar-refractivity contribution < 1.29 is 13.6 Å². The van der Waals surface area contributed by atoms with Crippen molar-refractivity contribution in [3.63, 3.8) is 0 Å². The van der Waals surface area contributed by atoms with Gasteiger partial charge < -0.3 is 5.32 Å². The number of halogens is 2. The summed E-state index contributed by atoms with van der Waals surface area (Å²) in [5, 5.41) is 6.52. The number of nitrogens with one attached hydrogen (secondary N) is 1. The first-order valence-electron chi connectivity index (χ1n) is 10.3. The summed E-state index contributed by atoms with van der Waals surface area (Å²) in [5.74, 6) is -2.29. The van der Waals surface area contributed by atoms with E-state index in [1.165, 1.54) is 10.9 Å². The molecule has 0 aliphatic rings. The highest BCUT2D eigenvalue weighted by Gasteiger charge is 2.19. The van der Waals surface area contributed by atoms with E-state index >= 15 is 0 Å². The molecular formula is C23H21F2N5O3. The predicted octanol–water partition coefficient (Wildman–Crippen LogP) is 2.65. The van der Waals surface area contributed by atoms with Crippen molar-refractivity contribution in [1.29, 1.82) is 0 Å². The standard InChI is InChI=1S/C23H21F2N5O3/c1-3-28-12-19-21(27-28)22(32)30(11-15-6-4-14(2)5-7-15)23(33)29(19)13-20(31)26-18-10-16(24)8-9-17(18)25/h4-10,12H,3,11,13H2,1-2H3,(H,26,31). The van der Waals surface area contributed by atoms with Gasteiger partial charge in [-0.15, -0.1) is 0 Å². The predicted molar refractivity (Wildman–Crippen MR) is 119 cm³/mol. The summed E-state index contributed by atoms with van der Waals surface area (Å²) in [6.45, 7) is 3.66. The summed E-state index contributed by atoms with van der Waals surface area (Å²) < 4.78 is 31.0. The number of anilines is 1. The number of nitrogens with zero attached hydrogens (tertiary/aromatic N) is 4. The van der Waals surface area contributed by atoms with Crippen LogP contribution < -0.4 is 16.6 Å². The molecule has 170 valence electrons. The van der Waals surface area contributed by atoms with Crippen LogP contribution in [0.2, 0.25) is 0 Å². The van der Waals surface area contributed by atoms with Crippen molar-refractivity contribution in [3.8, 4) is 0 Å². The third-order valence-electron chi connectivity index (χ3n) is 5.23. The molecule has 0 radical (unpaired) electrons. The van der Waals surface area contributed by atoms with Crippen molar-refractivity contribution in [2.45, 2.75) is 33.5 Å². The molecule has 2 aromatic carbocycles. The maximum Gasteiger partial charge on any atom is 0.332 e. The molecule has 4 rings (SSSR count). The van der Waals surface area contributed by atoms with E-state index in [1.807, 2.05) is 26.0 Å². The number of hydrogen-bond acceptors (Lipinski definition) is 4. The lowest BCUT2D eigenvalue weighted by Gasteiger charge is -2.12. The van der Waals surface area contributed by atoms with E-state index in [1.54, 1.807) is 12.1 Å². The lowest BCUT2D eigenvalue weighted by molar-refractivity contribution is -0.116. The summed E-state index contributed by atoms with van der Waals surface area (Å²) in [4.78, 5) is 38.9. The fourth-order valence-corrected chi connectivity index (χ4v) is 3.48. The first-order chi connectivity index (χ1) is 15.8. The van der Waals surface area contributed by atoms with E-state index in [0.29, 0.717) is 6.54 Å². The number of amides is 1. The average Bonchev–Trinajstić information content (AvgIpc) is 3.23. The van der Waals surface area contributed by atoms with E-state index < -0.39 is 35.3 Å². The van der Waals surface area contributed by atoms with Crippen LogP contribution in [0.1, 0.15) is 18.1 Å². The Kier molecular flexibility index (Phi) is 5.91. The van der Waals surface area contributed by atoms with Gasteiger partial charge in [-0.2, -0.15) is 5.10 Å². The van der Waals surface area contributed by atoms with Gasteiger partial charge in [0.05, 0.1) is 17.7 Å². The highest BCUT2D eigenvalue weighted by atomic mass is 19.1. The molecule has 8 nitrogen and oxygen atoms in total.